The van der Waals surface area contributed by atoms with Crippen molar-refractivity contribution in [2.75, 3.05) is 0 Å². The van der Waals surface area contributed by atoms with E-state index >= 15 is 0 Å². The van der Waals surface area contributed by atoms with E-state index < -0.39 is 0 Å². The van der Waals surface area contributed by atoms with Crippen molar-refractivity contribution in [3.05, 3.63) is 78.6 Å². The first-order valence-corrected chi connectivity index (χ1v) is 5.37. The zero-order valence-electron chi connectivity index (χ0n) is 9.53. The van der Waals surface area contributed by atoms with Gasteiger partial charge in [-0.25, -0.2) is 0 Å². The molecule has 0 aliphatic rings. The van der Waals surface area contributed by atoms with Crippen LogP contribution in [0.2, 0.25) is 0 Å². The van der Waals surface area contributed by atoms with Crippen molar-refractivity contribution in [1.29, 1.82) is 5.26 Å². The van der Waals surface area contributed by atoms with Gasteiger partial charge >= 0.3 is 0 Å². The van der Waals surface area contributed by atoms with Crippen LogP contribution in [0.3, 0.4) is 0 Å². The average molecular weight is 222 g/mol. The summed E-state index contributed by atoms with van der Waals surface area (Å²) in [6.45, 7) is 0. The first-order valence-electron chi connectivity index (χ1n) is 5.37. The van der Waals surface area contributed by atoms with Gasteiger partial charge in [-0.3, -0.25) is 4.98 Å². The van der Waals surface area contributed by atoms with E-state index in [0.717, 1.165) is 6.42 Å². The Morgan fingerprint density at radius 1 is 1.00 bits per heavy atom. The molecule has 0 atom stereocenters. The van der Waals surface area contributed by atoms with Gasteiger partial charge in [0.15, 0.2) is 0 Å². The molecule has 0 amide bonds. The summed E-state index contributed by atoms with van der Waals surface area (Å²) in [5, 5.41) is 8.21. The van der Waals surface area contributed by atoms with E-state index in [9.17, 15) is 0 Å². The highest BCUT2D eigenvalue weighted by Crippen LogP contribution is 1.99. The van der Waals surface area contributed by atoms with Gasteiger partial charge in [-0.2, -0.15) is 5.26 Å². The van der Waals surface area contributed by atoms with Crippen LogP contribution in [-0.4, -0.2) is 4.98 Å². The van der Waals surface area contributed by atoms with E-state index in [4.69, 9.17) is 5.26 Å². The second-order valence-corrected chi connectivity index (χ2v) is 3.25. The minimum absolute atomic E-state index is 0.842. The van der Waals surface area contributed by atoms with Crippen molar-refractivity contribution in [3.8, 4) is 6.07 Å². The Morgan fingerprint density at radius 2 is 1.65 bits per heavy atom. The molecule has 17 heavy (non-hydrogen) atoms. The fraction of sp³-hybridized carbons (Fsp3) is 0.0667. The molecular weight excluding hydrogens is 208 g/mol. The van der Waals surface area contributed by atoms with E-state index in [-0.39, 0.29) is 0 Å². The van der Waals surface area contributed by atoms with Gasteiger partial charge in [-0.15, -0.1) is 0 Å². The summed E-state index contributed by atoms with van der Waals surface area (Å²) in [6.07, 6.45) is 7.71. The SMILES string of the molecule is N#CC=CCc1ccccc1.c1ccncc1. The largest absolute Gasteiger partial charge is 0.265 e. The highest BCUT2D eigenvalue weighted by molar-refractivity contribution is 5.18. The summed E-state index contributed by atoms with van der Waals surface area (Å²) in [6, 6.07) is 17.7. The number of nitriles is 1. The normalized spacial score (nSPS) is 9.12. The zero-order valence-corrected chi connectivity index (χ0v) is 9.53. The number of rotatable bonds is 2. The monoisotopic (exact) mass is 222 g/mol. The molecule has 1 aromatic heterocycles. The van der Waals surface area contributed by atoms with Crippen LogP contribution in [-0.2, 0) is 6.42 Å². The Hall–Kier alpha value is -2.40. The van der Waals surface area contributed by atoms with Crippen molar-refractivity contribution in [3.63, 3.8) is 0 Å². The van der Waals surface area contributed by atoms with Crippen LogP contribution in [0.15, 0.2) is 73.1 Å². The van der Waals surface area contributed by atoms with Gasteiger partial charge in [0, 0.05) is 18.5 Å². The molecule has 0 fully saturated rings. The third-order valence-corrected chi connectivity index (χ3v) is 1.96. The number of aromatic nitrogens is 1. The van der Waals surface area contributed by atoms with Crippen LogP contribution in [0, 0.1) is 11.3 Å². The first kappa shape index (κ1) is 12.7. The molecule has 2 aromatic rings. The lowest BCUT2D eigenvalue weighted by atomic mass is 10.1. The van der Waals surface area contributed by atoms with Crippen molar-refractivity contribution in [1.82, 2.24) is 4.98 Å². The fourth-order valence-corrected chi connectivity index (χ4v) is 1.17. The molecule has 0 unspecified atom stereocenters. The maximum absolute atomic E-state index is 8.21. The van der Waals surface area contributed by atoms with Crippen LogP contribution in [0.1, 0.15) is 5.56 Å². The molecule has 1 aromatic carbocycles. The third-order valence-electron chi connectivity index (χ3n) is 1.96. The van der Waals surface area contributed by atoms with Gasteiger partial charge in [0.1, 0.15) is 0 Å². The van der Waals surface area contributed by atoms with Gasteiger partial charge in [0.25, 0.3) is 0 Å². The maximum atomic E-state index is 8.21. The minimum atomic E-state index is 0.842. The van der Waals surface area contributed by atoms with Gasteiger partial charge in [-0.05, 0) is 24.1 Å². The van der Waals surface area contributed by atoms with E-state index in [2.05, 4.69) is 4.98 Å². The molecule has 2 rings (SSSR count). The summed E-state index contributed by atoms with van der Waals surface area (Å²) in [5.41, 5.74) is 1.24. The number of hydrogen-bond donors (Lipinski definition) is 0. The quantitative estimate of drug-likeness (QED) is 0.730. The molecular formula is C15H14N2. The topological polar surface area (TPSA) is 36.7 Å². The molecule has 2 heteroatoms. The molecule has 0 spiro atoms. The fourth-order valence-electron chi connectivity index (χ4n) is 1.17. The van der Waals surface area contributed by atoms with Crippen LogP contribution in [0.4, 0.5) is 0 Å². The van der Waals surface area contributed by atoms with Crippen molar-refractivity contribution < 1.29 is 0 Å². The van der Waals surface area contributed by atoms with Gasteiger partial charge < -0.3 is 0 Å². The highest BCUT2D eigenvalue weighted by atomic mass is 14.6. The second-order valence-electron chi connectivity index (χ2n) is 3.25. The Kier molecular flexibility index (Phi) is 6.61. The van der Waals surface area contributed by atoms with E-state index in [1.807, 2.05) is 60.7 Å². The molecule has 0 aliphatic carbocycles. The smallest absolute Gasteiger partial charge is 0.0908 e. The lowest BCUT2D eigenvalue weighted by Gasteiger charge is -1.91. The predicted octanol–water partition coefficient (Wildman–Crippen LogP) is 3.39. The molecule has 0 radical (unpaired) electrons. The van der Waals surface area contributed by atoms with E-state index in [0.29, 0.717) is 0 Å². The van der Waals surface area contributed by atoms with Gasteiger partial charge in [0.05, 0.1) is 6.07 Å². The summed E-state index contributed by atoms with van der Waals surface area (Å²) < 4.78 is 0. The Labute approximate surface area is 102 Å². The summed E-state index contributed by atoms with van der Waals surface area (Å²) in [4.78, 5) is 3.78. The zero-order chi connectivity index (χ0) is 12.2. The van der Waals surface area contributed by atoms with Gasteiger partial charge in [0.2, 0.25) is 0 Å². The number of allylic oxidation sites excluding steroid dienone is 2. The molecule has 0 saturated heterocycles. The van der Waals surface area contributed by atoms with Gasteiger partial charge in [-0.1, -0.05) is 42.5 Å². The predicted molar refractivity (Wildman–Crippen MR) is 69.1 cm³/mol. The third kappa shape index (κ3) is 6.64. The van der Waals surface area contributed by atoms with Crippen molar-refractivity contribution in [2.45, 2.75) is 6.42 Å². The highest BCUT2D eigenvalue weighted by Gasteiger charge is 1.83. The molecule has 2 nitrogen and oxygen atoms in total. The van der Waals surface area contributed by atoms with E-state index in [1.54, 1.807) is 12.4 Å². The summed E-state index contributed by atoms with van der Waals surface area (Å²) in [7, 11) is 0. The van der Waals surface area contributed by atoms with Crippen LogP contribution in [0.25, 0.3) is 0 Å². The van der Waals surface area contributed by atoms with Crippen molar-refractivity contribution in [2.24, 2.45) is 0 Å². The Morgan fingerprint density at radius 3 is 2.12 bits per heavy atom. The summed E-state index contributed by atoms with van der Waals surface area (Å²) in [5.74, 6) is 0. The molecule has 1 heterocycles. The molecule has 0 bridgehead atoms. The lowest BCUT2D eigenvalue weighted by Crippen LogP contribution is -1.77. The number of nitrogens with zero attached hydrogens (tertiary/aromatic N) is 2. The molecule has 0 N–H and O–H groups in total. The Bertz CT molecular complexity index is 429. The number of benzene rings is 1. The number of pyridine rings is 1. The molecule has 0 aliphatic heterocycles. The Balaban J connectivity index is 0.000000202. The van der Waals surface area contributed by atoms with Crippen LogP contribution >= 0.6 is 0 Å². The summed E-state index contributed by atoms with van der Waals surface area (Å²) >= 11 is 0. The van der Waals surface area contributed by atoms with Crippen LogP contribution in [0.5, 0.6) is 0 Å². The van der Waals surface area contributed by atoms with E-state index in [1.165, 1.54) is 11.6 Å². The average Bonchev–Trinajstić information content (AvgIpc) is 2.43. The lowest BCUT2D eigenvalue weighted by molar-refractivity contribution is 1.27. The maximum Gasteiger partial charge on any atom is 0.0908 e. The standard InChI is InChI=1S/C10H9N.C5H5N/c11-9-5-4-8-10-6-2-1-3-7-10;1-2-4-6-5-3-1/h1-7H,8H2;1-5H. The molecule has 84 valence electrons. The second kappa shape index (κ2) is 8.87. The first-order chi connectivity index (χ1) is 8.43. The molecule has 0 saturated carbocycles. The van der Waals surface area contributed by atoms with Crippen LogP contribution < -0.4 is 0 Å². The van der Waals surface area contributed by atoms with Crippen molar-refractivity contribution >= 4 is 0 Å². The number of hydrogen-bond acceptors (Lipinski definition) is 2. The minimum Gasteiger partial charge on any atom is -0.265 e.